The summed E-state index contributed by atoms with van der Waals surface area (Å²) in [4.78, 5) is 14.0. The number of hydrogen-bond acceptors (Lipinski definition) is 5. The smallest absolute Gasteiger partial charge is 0.289 e. The second-order valence-corrected chi connectivity index (χ2v) is 8.34. The van der Waals surface area contributed by atoms with Gasteiger partial charge in [0.2, 0.25) is 0 Å². The molecule has 0 unspecified atom stereocenters. The summed E-state index contributed by atoms with van der Waals surface area (Å²) in [5.41, 5.74) is 2.36. The molecule has 124 valence electrons. The molecule has 0 saturated carbocycles. The van der Waals surface area contributed by atoms with E-state index in [2.05, 4.69) is 0 Å². The van der Waals surface area contributed by atoms with Gasteiger partial charge in [0.25, 0.3) is 5.91 Å². The first-order valence-electron chi connectivity index (χ1n) is 7.35. The van der Waals surface area contributed by atoms with Crippen LogP contribution in [0.2, 0.25) is 0 Å². The van der Waals surface area contributed by atoms with Crippen molar-refractivity contribution in [2.75, 3.05) is 18.6 Å². The Hall–Kier alpha value is -1.86. The van der Waals surface area contributed by atoms with Crippen molar-refractivity contribution in [3.05, 3.63) is 35.1 Å². The molecule has 23 heavy (non-hydrogen) atoms. The third-order valence-corrected chi connectivity index (χ3v) is 6.10. The zero-order valence-electron chi connectivity index (χ0n) is 13.2. The van der Waals surface area contributed by atoms with Gasteiger partial charge in [0, 0.05) is 18.0 Å². The third-order valence-electron chi connectivity index (χ3n) is 4.40. The van der Waals surface area contributed by atoms with Gasteiger partial charge >= 0.3 is 0 Å². The van der Waals surface area contributed by atoms with Crippen LogP contribution < -0.4 is 0 Å². The van der Waals surface area contributed by atoms with Gasteiger partial charge in [0.05, 0.1) is 23.7 Å². The third kappa shape index (κ3) is 2.74. The normalized spacial score (nSPS) is 23.3. The van der Waals surface area contributed by atoms with Crippen LogP contribution in [0.25, 0.3) is 11.0 Å². The fourth-order valence-corrected chi connectivity index (χ4v) is 4.87. The Morgan fingerprint density at radius 2 is 2.00 bits per heavy atom. The average Bonchev–Trinajstić information content (AvgIpc) is 2.93. The Kier molecular flexibility index (Phi) is 3.72. The van der Waals surface area contributed by atoms with E-state index >= 15 is 0 Å². The summed E-state index contributed by atoms with van der Waals surface area (Å²) in [5.74, 6) is -0.773. The predicted octanol–water partition coefficient (Wildman–Crippen LogP) is 1.28. The topological polar surface area (TPSA) is 87.8 Å². The molecule has 3 rings (SSSR count). The molecule has 1 aromatic carbocycles. The number of sulfone groups is 1. The van der Waals surface area contributed by atoms with Crippen LogP contribution >= 0.6 is 0 Å². The minimum Gasteiger partial charge on any atom is -0.451 e. The SMILES string of the molecule is Cc1ccc2c(C)c(C(=O)N(C)[C@@H]3CS(=O)(=O)C[C@H]3O)oc2c1. The van der Waals surface area contributed by atoms with Crippen molar-refractivity contribution in [1.82, 2.24) is 4.90 Å². The number of aryl methyl sites for hydroxylation is 2. The number of fused-ring (bicyclic) bond motifs is 1. The fraction of sp³-hybridized carbons (Fsp3) is 0.438. The minimum absolute atomic E-state index is 0.185. The molecule has 0 radical (unpaired) electrons. The molecule has 7 heteroatoms. The minimum atomic E-state index is -3.32. The first-order chi connectivity index (χ1) is 10.7. The Bertz CT molecular complexity index is 883. The van der Waals surface area contributed by atoms with Crippen molar-refractivity contribution >= 4 is 26.7 Å². The zero-order chi connectivity index (χ0) is 16.9. The van der Waals surface area contributed by atoms with Crippen molar-refractivity contribution in [3.8, 4) is 0 Å². The Balaban J connectivity index is 1.96. The molecule has 2 heterocycles. The predicted molar refractivity (Wildman–Crippen MR) is 86.2 cm³/mol. The zero-order valence-corrected chi connectivity index (χ0v) is 14.1. The molecule has 2 aromatic rings. The molecule has 0 aliphatic carbocycles. The highest BCUT2D eigenvalue weighted by atomic mass is 32.2. The number of rotatable bonds is 2. The van der Waals surface area contributed by atoms with Crippen LogP contribution in [0.4, 0.5) is 0 Å². The van der Waals surface area contributed by atoms with Crippen LogP contribution in [0.3, 0.4) is 0 Å². The lowest BCUT2D eigenvalue weighted by Crippen LogP contribution is -2.44. The van der Waals surface area contributed by atoms with E-state index in [1.807, 2.05) is 25.1 Å². The van der Waals surface area contributed by atoms with Crippen molar-refractivity contribution < 1.29 is 22.7 Å². The molecule has 6 nitrogen and oxygen atoms in total. The van der Waals surface area contributed by atoms with E-state index in [1.165, 1.54) is 11.9 Å². The van der Waals surface area contributed by atoms with Gasteiger partial charge in [-0.2, -0.15) is 0 Å². The summed E-state index contributed by atoms with van der Waals surface area (Å²) >= 11 is 0. The van der Waals surface area contributed by atoms with E-state index in [-0.39, 0.29) is 17.3 Å². The average molecular weight is 337 g/mol. The van der Waals surface area contributed by atoms with E-state index in [0.29, 0.717) is 11.1 Å². The molecule has 0 bridgehead atoms. The van der Waals surface area contributed by atoms with Gasteiger partial charge in [-0.05, 0) is 25.5 Å². The number of nitrogens with zero attached hydrogens (tertiary/aromatic N) is 1. The first kappa shape index (κ1) is 16.0. The lowest BCUT2D eigenvalue weighted by molar-refractivity contribution is 0.0554. The molecular formula is C16H19NO5S. The molecule has 1 fully saturated rings. The van der Waals surface area contributed by atoms with Crippen molar-refractivity contribution in [3.63, 3.8) is 0 Å². The summed E-state index contributed by atoms with van der Waals surface area (Å²) in [6, 6.07) is 4.95. The van der Waals surface area contributed by atoms with Crippen molar-refractivity contribution in [2.45, 2.75) is 26.0 Å². The number of hydrogen-bond donors (Lipinski definition) is 1. The maximum Gasteiger partial charge on any atom is 0.289 e. The number of carbonyl (C=O) groups excluding carboxylic acids is 1. The number of aliphatic hydroxyl groups is 1. The lowest BCUT2D eigenvalue weighted by Gasteiger charge is -2.25. The highest BCUT2D eigenvalue weighted by molar-refractivity contribution is 7.91. The molecule has 1 N–H and O–H groups in total. The van der Waals surface area contributed by atoms with Gasteiger partial charge in [0.1, 0.15) is 5.58 Å². The number of likely N-dealkylation sites (N-methyl/N-ethyl adjacent to an activating group) is 1. The summed E-state index contributed by atoms with van der Waals surface area (Å²) < 4.78 is 29.0. The van der Waals surface area contributed by atoms with Gasteiger partial charge < -0.3 is 14.4 Å². The summed E-state index contributed by atoms with van der Waals surface area (Å²) in [6.45, 7) is 3.73. The number of amides is 1. The van der Waals surface area contributed by atoms with Gasteiger partial charge in [0.15, 0.2) is 15.6 Å². The summed E-state index contributed by atoms with van der Waals surface area (Å²) in [6.07, 6.45) is -1.07. The van der Waals surface area contributed by atoms with Gasteiger partial charge in [-0.25, -0.2) is 8.42 Å². The molecular weight excluding hydrogens is 318 g/mol. The quantitative estimate of drug-likeness (QED) is 0.892. The standard InChI is InChI=1S/C16H19NO5S/c1-9-4-5-11-10(2)15(22-14(11)6-9)16(19)17(3)12-7-23(20,21)8-13(12)18/h4-6,12-13,18H,7-8H2,1-3H3/t12-,13-/m1/s1. The second kappa shape index (κ2) is 5.35. The van der Waals surface area contributed by atoms with Gasteiger partial charge in [-0.3, -0.25) is 4.79 Å². The van der Waals surface area contributed by atoms with E-state index in [9.17, 15) is 18.3 Å². The van der Waals surface area contributed by atoms with E-state index < -0.39 is 27.9 Å². The maximum absolute atomic E-state index is 12.7. The lowest BCUT2D eigenvalue weighted by atomic mass is 10.1. The van der Waals surface area contributed by atoms with E-state index in [4.69, 9.17) is 4.42 Å². The van der Waals surface area contributed by atoms with Crippen LogP contribution in [-0.4, -0.2) is 55.0 Å². The largest absolute Gasteiger partial charge is 0.451 e. The summed E-state index contributed by atoms with van der Waals surface area (Å²) in [7, 11) is -1.83. The second-order valence-electron chi connectivity index (χ2n) is 6.18. The molecule has 1 aliphatic heterocycles. The number of benzene rings is 1. The van der Waals surface area contributed by atoms with Crippen LogP contribution in [0, 0.1) is 13.8 Å². The summed E-state index contributed by atoms with van der Waals surface area (Å²) in [5, 5.41) is 10.8. The van der Waals surface area contributed by atoms with Crippen LogP contribution in [0.15, 0.2) is 22.6 Å². The molecule has 1 aliphatic rings. The molecule has 1 amide bonds. The Morgan fingerprint density at radius 1 is 1.30 bits per heavy atom. The highest BCUT2D eigenvalue weighted by Gasteiger charge is 2.41. The number of furan rings is 1. The van der Waals surface area contributed by atoms with Crippen molar-refractivity contribution in [2.24, 2.45) is 0 Å². The molecule has 1 saturated heterocycles. The Labute approximate surface area is 134 Å². The monoisotopic (exact) mass is 337 g/mol. The van der Waals surface area contributed by atoms with E-state index in [0.717, 1.165) is 10.9 Å². The molecule has 2 atom stereocenters. The van der Waals surface area contributed by atoms with Crippen molar-refractivity contribution in [1.29, 1.82) is 0 Å². The molecule has 0 spiro atoms. The maximum atomic E-state index is 12.7. The van der Waals surface area contributed by atoms with Crippen LogP contribution in [0.1, 0.15) is 21.7 Å². The van der Waals surface area contributed by atoms with Gasteiger partial charge in [-0.1, -0.05) is 12.1 Å². The van der Waals surface area contributed by atoms with Gasteiger partial charge in [-0.15, -0.1) is 0 Å². The fourth-order valence-electron chi connectivity index (χ4n) is 3.03. The number of aliphatic hydroxyl groups excluding tert-OH is 1. The van der Waals surface area contributed by atoms with Crippen LogP contribution in [-0.2, 0) is 9.84 Å². The van der Waals surface area contributed by atoms with Crippen LogP contribution in [0.5, 0.6) is 0 Å². The highest BCUT2D eigenvalue weighted by Crippen LogP contribution is 2.28. The Morgan fingerprint density at radius 3 is 2.61 bits per heavy atom. The molecule has 1 aromatic heterocycles. The van der Waals surface area contributed by atoms with E-state index in [1.54, 1.807) is 6.92 Å². The number of carbonyl (C=O) groups is 1. The first-order valence-corrected chi connectivity index (χ1v) is 9.17.